The average molecular weight is 370 g/mol. The standard InChI is InChI=1S/C20H20ClN3O2/c1-12-6-8-14(9-7-12)19(25)13(2)23-20(26)17-11-22-24-18(17)15-4-3-5-16(21)10-15/h3-11,13,19,25H,1-2H3,(H,22,24)(H,23,26). The van der Waals surface area contributed by atoms with Gasteiger partial charge in [-0.05, 0) is 31.5 Å². The molecule has 0 bridgehead atoms. The smallest absolute Gasteiger partial charge is 0.255 e. The minimum Gasteiger partial charge on any atom is -0.386 e. The second kappa shape index (κ2) is 7.72. The minimum atomic E-state index is -0.805. The number of H-pyrrole nitrogens is 1. The second-order valence-corrected chi connectivity index (χ2v) is 6.72. The number of aromatic nitrogens is 2. The predicted molar refractivity (Wildman–Crippen MR) is 102 cm³/mol. The number of aryl methyl sites for hydroxylation is 1. The van der Waals surface area contributed by atoms with Crippen LogP contribution in [0.15, 0.2) is 54.7 Å². The summed E-state index contributed by atoms with van der Waals surface area (Å²) in [7, 11) is 0. The van der Waals surface area contributed by atoms with Crippen LogP contribution in [0, 0.1) is 6.92 Å². The number of hydrogen-bond donors (Lipinski definition) is 3. The molecule has 0 spiro atoms. The van der Waals surface area contributed by atoms with E-state index in [4.69, 9.17) is 11.6 Å². The molecule has 1 amide bonds. The van der Waals surface area contributed by atoms with Gasteiger partial charge in [-0.25, -0.2) is 0 Å². The van der Waals surface area contributed by atoms with Gasteiger partial charge in [0.2, 0.25) is 0 Å². The summed E-state index contributed by atoms with van der Waals surface area (Å²) in [6.45, 7) is 3.75. The van der Waals surface area contributed by atoms with E-state index in [1.807, 2.05) is 43.3 Å². The van der Waals surface area contributed by atoms with E-state index >= 15 is 0 Å². The maximum atomic E-state index is 12.7. The number of carbonyl (C=O) groups excluding carboxylic acids is 1. The summed E-state index contributed by atoms with van der Waals surface area (Å²) in [4.78, 5) is 12.7. The van der Waals surface area contributed by atoms with Crippen LogP contribution in [0.2, 0.25) is 5.02 Å². The van der Waals surface area contributed by atoms with Gasteiger partial charge in [0, 0.05) is 10.6 Å². The molecule has 0 saturated carbocycles. The molecule has 3 rings (SSSR count). The van der Waals surface area contributed by atoms with E-state index in [2.05, 4.69) is 15.5 Å². The molecule has 0 aliphatic heterocycles. The molecule has 0 aliphatic rings. The van der Waals surface area contributed by atoms with E-state index in [-0.39, 0.29) is 5.91 Å². The highest BCUT2D eigenvalue weighted by Crippen LogP contribution is 2.24. The Morgan fingerprint density at radius 3 is 2.65 bits per heavy atom. The Hall–Kier alpha value is -2.63. The fraction of sp³-hybridized carbons (Fsp3) is 0.200. The summed E-state index contributed by atoms with van der Waals surface area (Å²) in [5.74, 6) is -0.313. The van der Waals surface area contributed by atoms with Crippen LogP contribution >= 0.6 is 11.6 Å². The maximum Gasteiger partial charge on any atom is 0.255 e. The van der Waals surface area contributed by atoms with Crippen LogP contribution in [-0.2, 0) is 0 Å². The van der Waals surface area contributed by atoms with Crippen molar-refractivity contribution in [3.8, 4) is 11.3 Å². The fourth-order valence-electron chi connectivity index (χ4n) is 2.74. The summed E-state index contributed by atoms with van der Waals surface area (Å²) in [6, 6.07) is 14.3. The van der Waals surface area contributed by atoms with Crippen LogP contribution in [0.1, 0.15) is 34.5 Å². The van der Waals surface area contributed by atoms with E-state index in [1.54, 1.807) is 19.1 Å². The zero-order chi connectivity index (χ0) is 18.7. The average Bonchev–Trinajstić information content (AvgIpc) is 3.11. The van der Waals surface area contributed by atoms with Crippen LogP contribution in [0.25, 0.3) is 11.3 Å². The maximum absolute atomic E-state index is 12.7. The Morgan fingerprint density at radius 1 is 1.23 bits per heavy atom. The monoisotopic (exact) mass is 369 g/mol. The molecule has 5 nitrogen and oxygen atoms in total. The fourth-order valence-corrected chi connectivity index (χ4v) is 2.93. The molecular weight excluding hydrogens is 350 g/mol. The number of rotatable bonds is 5. The molecule has 0 radical (unpaired) electrons. The number of halogens is 1. The molecule has 2 atom stereocenters. The first-order valence-electron chi connectivity index (χ1n) is 8.30. The number of carbonyl (C=O) groups is 1. The largest absolute Gasteiger partial charge is 0.386 e. The predicted octanol–water partition coefficient (Wildman–Crippen LogP) is 3.89. The molecule has 134 valence electrons. The molecule has 2 aromatic carbocycles. The van der Waals surface area contributed by atoms with Gasteiger partial charge in [-0.3, -0.25) is 9.89 Å². The number of nitrogens with one attached hydrogen (secondary N) is 2. The summed E-state index contributed by atoms with van der Waals surface area (Å²) < 4.78 is 0. The molecule has 3 N–H and O–H groups in total. The lowest BCUT2D eigenvalue weighted by Crippen LogP contribution is -2.37. The normalized spacial score (nSPS) is 13.2. The quantitative estimate of drug-likeness (QED) is 0.638. The third-order valence-electron chi connectivity index (χ3n) is 4.25. The third kappa shape index (κ3) is 3.95. The van der Waals surface area contributed by atoms with Crippen LogP contribution in [0.3, 0.4) is 0 Å². The minimum absolute atomic E-state index is 0.313. The highest BCUT2D eigenvalue weighted by Gasteiger charge is 2.22. The van der Waals surface area contributed by atoms with Gasteiger partial charge in [0.1, 0.15) is 0 Å². The highest BCUT2D eigenvalue weighted by atomic mass is 35.5. The van der Waals surface area contributed by atoms with Crippen molar-refractivity contribution in [1.29, 1.82) is 0 Å². The van der Waals surface area contributed by atoms with Gasteiger partial charge in [-0.2, -0.15) is 5.10 Å². The van der Waals surface area contributed by atoms with Crippen LogP contribution < -0.4 is 5.32 Å². The lowest BCUT2D eigenvalue weighted by Gasteiger charge is -2.21. The SMILES string of the molecule is Cc1ccc(C(O)C(C)NC(=O)c2cn[nH]c2-c2cccc(Cl)c2)cc1. The van der Waals surface area contributed by atoms with Crippen LogP contribution in [0.5, 0.6) is 0 Å². The van der Waals surface area contributed by atoms with Gasteiger partial charge in [-0.1, -0.05) is 53.6 Å². The van der Waals surface area contributed by atoms with Crippen molar-refractivity contribution in [2.45, 2.75) is 26.0 Å². The zero-order valence-electron chi connectivity index (χ0n) is 14.5. The van der Waals surface area contributed by atoms with E-state index in [1.165, 1.54) is 6.20 Å². The van der Waals surface area contributed by atoms with E-state index < -0.39 is 12.1 Å². The Balaban J connectivity index is 1.76. The highest BCUT2D eigenvalue weighted by molar-refractivity contribution is 6.30. The summed E-state index contributed by atoms with van der Waals surface area (Å²) in [5, 5.41) is 20.7. The molecule has 3 aromatic rings. The van der Waals surface area contributed by atoms with Crippen LogP contribution in [-0.4, -0.2) is 27.3 Å². The number of hydrogen-bond acceptors (Lipinski definition) is 3. The van der Waals surface area contributed by atoms with E-state index in [9.17, 15) is 9.90 Å². The lowest BCUT2D eigenvalue weighted by atomic mass is 10.0. The zero-order valence-corrected chi connectivity index (χ0v) is 15.3. The van der Waals surface area contributed by atoms with Gasteiger partial charge < -0.3 is 10.4 Å². The number of nitrogens with zero attached hydrogens (tertiary/aromatic N) is 1. The number of aliphatic hydroxyl groups is 1. The van der Waals surface area contributed by atoms with E-state index in [0.717, 1.165) is 16.7 Å². The Morgan fingerprint density at radius 2 is 1.96 bits per heavy atom. The number of aliphatic hydroxyl groups excluding tert-OH is 1. The second-order valence-electron chi connectivity index (χ2n) is 6.29. The Labute approximate surface area is 157 Å². The molecule has 26 heavy (non-hydrogen) atoms. The summed E-state index contributed by atoms with van der Waals surface area (Å²) in [6.07, 6.45) is 0.664. The van der Waals surface area contributed by atoms with Crippen molar-refractivity contribution < 1.29 is 9.90 Å². The third-order valence-corrected chi connectivity index (χ3v) is 4.48. The molecule has 0 fully saturated rings. The van der Waals surface area contributed by atoms with Gasteiger partial charge >= 0.3 is 0 Å². The van der Waals surface area contributed by atoms with E-state index in [0.29, 0.717) is 16.3 Å². The Bertz CT molecular complexity index is 905. The molecule has 0 aliphatic carbocycles. The first-order chi connectivity index (χ1) is 12.5. The van der Waals surface area contributed by atoms with Gasteiger partial charge in [0.25, 0.3) is 5.91 Å². The molecular formula is C20H20ClN3O2. The van der Waals surface area contributed by atoms with Crippen molar-refractivity contribution in [2.75, 3.05) is 0 Å². The number of amides is 1. The first kappa shape index (κ1) is 18.2. The van der Waals surface area contributed by atoms with Crippen molar-refractivity contribution in [1.82, 2.24) is 15.5 Å². The molecule has 2 unspecified atom stereocenters. The number of benzene rings is 2. The van der Waals surface area contributed by atoms with Crippen molar-refractivity contribution in [2.24, 2.45) is 0 Å². The number of aromatic amines is 1. The lowest BCUT2D eigenvalue weighted by molar-refractivity contribution is 0.0852. The van der Waals surface area contributed by atoms with Gasteiger partial charge in [0.15, 0.2) is 0 Å². The molecule has 1 aromatic heterocycles. The molecule has 1 heterocycles. The first-order valence-corrected chi connectivity index (χ1v) is 8.68. The van der Waals surface area contributed by atoms with Crippen LogP contribution in [0.4, 0.5) is 0 Å². The van der Waals surface area contributed by atoms with Crippen molar-refractivity contribution in [3.63, 3.8) is 0 Å². The summed E-state index contributed by atoms with van der Waals surface area (Å²) in [5.41, 5.74) is 3.62. The molecule has 6 heteroatoms. The van der Waals surface area contributed by atoms with Gasteiger partial charge in [-0.15, -0.1) is 0 Å². The topological polar surface area (TPSA) is 78.0 Å². The van der Waals surface area contributed by atoms with Crippen molar-refractivity contribution in [3.05, 3.63) is 76.4 Å². The summed E-state index contributed by atoms with van der Waals surface area (Å²) >= 11 is 6.03. The van der Waals surface area contributed by atoms with Crippen molar-refractivity contribution >= 4 is 17.5 Å². The Kier molecular flexibility index (Phi) is 5.40. The molecule has 0 saturated heterocycles. The van der Waals surface area contributed by atoms with Gasteiger partial charge in [0.05, 0.1) is 29.6 Å².